The number of nitrogens with zero attached hydrogens (tertiary/aromatic N) is 1. The summed E-state index contributed by atoms with van der Waals surface area (Å²) in [7, 11) is 0. The fourth-order valence-corrected chi connectivity index (χ4v) is 3.91. The summed E-state index contributed by atoms with van der Waals surface area (Å²) in [5.41, 5.74) is 6.04. The maximum absolute atomic E-state index is 13.4. The largest absolute Gasteiger partial charge is 0.480 e. The average Bonchev–Trinajstić information content (AvgIpc) is 3.28. The molecule has 1 aliphatic heterocycles. The van der Waals surface area contributed by atoms with Gasteiger partial charge in [-0.25, -0.2) is 0 Å². The van der Waals surface area contributed by atoms with E-state index in [2.05, 4.69) is 16.0 Å². The molecule has 1 heterocycles. The molecule has 0 radical (unpaired) electrons. The van der Waals surface area contributed by atoms with Crippen molar-refractivity contribution >= 4 is 29.6 Å². The number of amides is 4. The van der Waals surface area contributed by atoms with Crippen LogP contribution in [0, 0.1) is 17.8 Å². The molecule has 1 aliphatic rings. The van der Waals surface area contributed by atoms with Crippen molar-refractivity contribution in [1.29, 1.82) is 0 Å². The van der Waals surface area contributed by atoms with Crippen LogP contribution >= 0.6 is 0 Å². The fourth-order valence-electron chi connectivity index (χ4n) is 3.91. The number of nitrogens with two attached hydrogens (primary N) is 1. The Morgan fingerprint density at radius 3 is 1.97 bits per heavy atom. The Morgan fingerprint density at radius 1 is 0.914 bits per heavy atom. The maximum atomic E-state index is 13.4. The number of rotatable bonds is 12. The molecular formula is C24H43N5O6. The minimum absolute atomic E-state index is 0.0498. The Morgan fingerprint density at radius 2 is 1.49 bits per heavy atom. The number of nitrogens with one attached hydrogen (secondary N) is 3. The van der Waals surface area contributed by atoms with Crippen molar-refractivity contribution in [3.63, 3.8) is 0 Å². The Labute approximate surface area is 207 Å². The first-order chi connectivity index (χ1) is 16.2. The smallest absolute Gasteiger partial charge is 0.325 e. The van der Waals surface area contributed by atoms with Gasteiger partial charge in [0.2, 0.25) is 23.6 Å². The van der Waals surface area contributed by atoms with E-state index in [0.29, 0.717) is 19.4 Å². The van der Waals surface area contributed by atoms with Crippen LogP contribution in [-0.4, -0.2) is 76.4 Å². The lowest BCUT2D eigenvalue weighted by Gasteiger charge is -2.32. The van der Waals surface area contributed by atoms with E-state index in [1.54, 1.807) is 13.8 Å². The van der Waals surface area contributed by atoms with Gasteiger partial charge in [-0.15, -0.1) is 0 Å². The van der Waals surface area contributed by atoms with Crippen LogP contribution in [0.4, 0.5) is 0 Å². The average molecular weight is 498 g/mol. The topological polar surface area (TPSA) is 171 Å². The van der Waals surface area contributed by atoms with E-state index in [-0.39, 0.29) is 23.7 Å². The van der Waals surface area contributed by atoms with Crippen LogP contribution in [0.25, 0.3) is 0 Å². The fraction of sp³-hybridized carbons (Fsp3) is 0.792. The molecule has 11 nitrogen and oxygen atoms in total. The Bertz CT molecular complexity index is 786. The van der Waals surface area contributed by atoms with E-state index in [1.807, 2.05) is 27.7 Å². The van der Waals surface area contributed by atoms with Gasteiger partial charge in [-0.05, 0) is 37.5 Å². The molecule has 0 aromatic heterocycles. The maximum Gasteiger partial charge on any atom is 0.325 e. The van der Waals surface area contributed by atoms with Crippen LogP contribution in [0.15, 0.2) is 0 Å². The van der Waals surface area contributed by atoms with Gasteiger partial charge >= 0.3 is 5.97 Å². The number of carbonyl (C=O) groups is 5. The van der Waals surface area contributed by atoms with Gasteiger partial charge in [0.15, 0.2) is 0 Å². The van der Waals surface area contributed by atoms with Gasteiger partial charge in [-0.1, -0.05) is 48.0 Å². The summed E-state index contributed by atoms with van der Waals surface area (Å²) in [6.07, 6.45) is 1.74. The summed E-state index contributed by atoms with van der Waals surface area (Å²) >= 11 is 0. The zero-order valence-corrected chi connectivity index (χ0v) is 22.0. The van der Waals surface area contributed by atoms with Crippen LogP contribution in [0.1, 0.15) is 67.7 Å². The van der Waals surface area contributed by atoms with Crippen molar-refractivity contribution in [2.75, 3.05) is 6.54 Å². The molecule has 0 aliphatic carbocycles. The summed E-state index contributed by atoms with van der Waals surface area (Å²) in [6, 6.07) is -4.45. The first-order valence-corrected chi connectivity index (χ1v) is 12.4. The summed E-state index contributed by atoms with van der Waals surface area (Å²) < 4.78 is 0. The predicted molar refractivity (Wildman–Crippen MR) is 131 cm³/mol. The molecule has 0 aromatic carbocycles. The van der Waals surface area contributed by atoms with E-state index in [9.17, 15) is 24.0 Å². The van der Waals surface area contributed by atoms with Crippen LogP contribution < -0.4 is 21.7 Å². The highest BCUT2D eigenvalue weighted by Gasteiger charge is 2.40. The van der Waals surface area contributed by atoms with Crippen molar-refractivity contribution in [1.82, 2.24) is 20.9 Å². The van der Waals surface area contributed by atoms with Crippen molar-refractivity contribution in [3.05, 3.63) is 0 Å². The van der Waals surface area contributed by atoms with Gasteiger partial charge in [0.05, 0.1) is 6.04 Å². The zero-order chi connectivity index (χ0) is 27.0. The lowest BCUT2D eigenvalue weighted by atomic mass is 9.97. The highest BCUT2D eigenvalue weighted by molar-refractivity contribution is 5.96. The molecule has 1 saturated heterocycles. The molecule has 0 unspecified atom stereocenters. The first-order valence-electron chi connectivity index (χ1n) is 12.4. The second kappa shape index (κ2) is 13.4. The van der Waals surface area contributed by atoms with Gasteiger partial charge < -0.3 is 31.7 Å². The molecule has 0 spiro atoms. The molecule has 0 bridgehead atoms. The van der Waals surface area contributed by atoms with Crippen LogP contribution in [0.3, 0.4) is 0 Å². The summed E-state index contributed by atoms with van der Waals surface area (Å²) in [4.78, 5) is 64.3. The van der Waals surface area contributed by atoms with Crippen LogP contribution in [0.5, 0.6) is 0 Å². The Kier molecular flexibility index (Phi) is 11.6. The highest BCUT2D eigenvalue weighted by Crippen LogP contribution is 2.21. The van der Waals surface area contributed by atoms with E-state index in [1.165, 1.54) is 11.8 Å². The van der Waals surface area contributed by atoms with E-state index < -0.39 is 53.9 Å². The minimum atomic E-state index is -1.19. The Hall–Kier alpha value is -2.69. The molecule has 0 aromatic rings. The molecule has 35 heavy (non-hydrogen) atoms. The minimum Gasteiger partial charge on any atom is -0.480 e. The second-order valence-corrected chi connectivity index (χ2v) is 10.1. The van der Waals surface area contributed by atoms with E-state index >= 15 is 0 Å². The molecule has 4 amide bonds. The molecular weight excluding hydrogens is 454 g/mol. The highest BCUT2D eigenvalue weighted by atomic mass is 16.4. The molecule has 6 atom stereocenters. The normalized spacial score (nSPS) is 20.1. The molecule has 0 saturated carbocycles. The first kappa shape index (κ1) is 30.3. The lowest BCUT2D eigenvalue weighted by molar-refractivity contribution is -0.144. The summed E-state index contributed by atoms with van der Waals surface area (Å²) in [5, 5.41) is 16.9. The van der Waals surface area contributed by atoms with Gasteiger partial charge in [0, 0.05) is 6.54 Å². The number of hydrogen-bond acceptors (Lipinski definition) is 6. The number of aliphatic carboxylic acids is 1. The van der Waals surface area contributed by atoms with Crippen LogP contribution in [0.2, 0.25) is 0 Å². The third-order valence-electron chi connectivity index (χ3n) is 6.60. The van der Waals surface area contributed by atoms with Gasteiger partial charge in [0.1, 0.15) is 24.2 Å². The quantitative estimate of drug-likeness (QED) is 0.257. The number of hydrogen-bond donors (Lipinski definition) is 5. The number of likely N-dealkylation sites (tertiary alicyclic amines) is 1. The Balaban J connectivity index is 2.99. The van der Waals surface area contributed by atoms with Crippen molar-refractivity contribution < 1.29 is 29.1 Å². The van der Waals surface area contributed by atoms with Gasteiger partial charge in [0.25, 0.3) is 0 Å². The summed E-state index contributed by atoms with van der Waals surface area (Å²) in [6.45, 7) is 12.6. The predicted octanol–water partition coefficient (Wildman–Crippen LogP) is 0.222. The number of carbonyl (C=O) groups excluding carboxylic acids is 4. The molecule has 11 heteroatoms. The SMILES string of the molecule is CC[C@H](C)[C@H](N)C(=O)N[C@H](C(=O)N1CCC[C@H]1C(=O)N[C@H](C(=O)N[C@@H](C)C(=O)O)C(C)C)C(C)C. The molecule has 6 N–H and O–H groups in total. The lowest BCUT2D eigenvalue weighted by Crippen LogP contribution is -2.60. The molecule has 200 valence electrons. The second-order valence-electron chi connectivity index (χ2n) is 10.1. The zero-order valence-electron chi connectivity index (χ0n) is 22.0. The van der Waals surface area contributed by atoms with Crippen LogP contribution in [-0.2, 0) is 24.0 Å². The van der Waals surface area contributed by atoms with Gasteiger partial charge in [-0.2, -0.15) is 0 Å². The molecule has 1 rings (SSSR count). The summed E-state index contributed by atoms with van der Waals surface area (Å²) in [5.74, 6) is -3.64. The molecule has 1 fully saturated rings. The van der Waals surface area contributed by atoms with Gasteiger partial charge in [-0.3, -0.25) is 24.0 Å². The third-order valence-corrected chi connectivity index (χ3v) is 6.60. The number of carboxylic acid groups (broad SMARTS) is 1. The van der Waals surface area contributed by atoms with Crippen molar-refractivity contribution in [2.45, 2.75) is 97.9 Å². The van der Waals surface area contributed by atoms with E-state index in [4.69, 9.17) is 10.8 Å². The third kappa shape index (κ3) is 8.19. The van der Waals surface area contributed by atoms with Crippen molar-refractivity contribution in [2.24, 2.45) is 23.5 Å². The van der Waals surface area contributed by atoms with Crippen molar-refractivity contribution in [3.8, 4) is 0 Å². The number of carboxylic acids is 1. The monoisotopic (exact) mass is 497 g/mol. The standard InChI is InChI=1S/C24H43N5O6/c1-8-14(6)17(25)21(31)28-19(13(4)5)23(33)29-11-9-10-16(29)20(30)27-18(12(2)3)22(32)26-15(7)24(34)35/h12-19H,8-11,25H2,1-7H3,(H,26,32)(H,27,30)(H,28,31)(H,34,35)/t14-,15-,16-,17-,18-,19-/m0/s1. The van der Waals surface area contributed by atoms with E-state index in [0.717, 1.165) is 6.42 Å².